The molecule has 5 rings (SSSR count). The predicted octanol–water partition coefficient (Wildman–Crippen LogP) is 6.17. The number of carbonyl (C=O) groups excluding carboxylic acids is 1. The molecule has 1 aliphatic rings. The van der Waals surface area contributed by atoms with Crippen LogP contribution in [0.3, 0.4) is 0 Å². The van der Waals surface area contributed by atoms with Gasteiger partial charge in [0.2, 0.25) is 0 Å². The molecular weight excluding hydrogens is 432 g/mol. The van der Waals surface area contributed by atoms with Crippen molar-refractivity contribution in [2.45, 2.75) is 31.5 Å². The van der Waals surface area contributed by atoms with E-state index < -0.39 is 0 Å². The summed E-state index contributed by atoms with van der Waals surface area (Å²) in [6, 6.07) is 27.8. The predicted molar refractivity (Wildman–Crippen MR) is 132 cm³/mol. The molecule has 2 heterocycles. The number of hydrogen-bond acceptors (Lipinski definition) is 3. The molecule has 3 atom stereocenters. The molecule has 3 unspecified atom stereocenters. The van der Waals surface area contributed by atoms with Crippen LogP contribution < -0.4 is 10.6 Å². The molecule has 0 aliphatic carbocycles. The summed E-state index contributed by atoms with van der Waals surface area (Å²) in [5, 5.41) is 12.0. The number of carbonyl (C=O) groups is 1. The van der Waals surface area contributed by atoms with Gasteiger partial charge in [0.1, 0.15) is 11.4 Å². The molecule has 2 N–H and O–H groups in total. The van der Waals surface area contributed by atoms with Crippen molar-refractivity contribution in [1.29, 1.82) is 0 Å². The fourth-order valence-corrected chi connectivity index (χ4v) is 4.57. The van der Waals surface area contributed by atoms with Gasteiger partial charge < -0.3 is 10.6 Å². The largest absolute Gasteiger partial charge is 0.363 e. The minimum absolute atomic E-state index is 0.123. The van der Waals surface area contributed by atoms with Crippen molar-refractivity contribution in [2.75, 3.05) is 5.32 Å². The molecule has 0 saturated heterocycles. The Morgan fingerprint density at radius 3 is 2.33 bits per heavy atom. The highest BCUT2D eigenvalue weighted by atomic mass is 35.5. The number of aromatic nitrogens is 2. The first kappa shape index (κ1) is 21.3. The fourth-order valence-electron chi connectivity index (χ4n) is 4.44. The van der Waals surface area contributed by atoms with Crippen molar-refractivity contribution in [3.63, 3.8) is 0 Å². The van der Waals surface area contributed by atoms with Crippen molar-refractivity contribution >= 4 is 23.3 Å². The van der Waals surface area contributed by atoms with E-state index in [-0.39, 0.29) is 24.0 Å². The van der Waals surface area contributed by atoms with Crippen molar-refractivity contribution in [2.24, 2.45) is 0 Å². The topological polar surface area (TPSA) is 59.0 Å². The Hall–Kier alpha value is -3.57. The molecule has 4 aromatic rings. The van der Waals surface area contributed by atoms with E-state index in [4.69, 9.17) is 11.6 Å². The lowest BCUT2D eigenvalue weighted by Gasteiger charge is -2.31. The van der Waals surface area contributed by atoms with Crippen LogP contribution in [0.4, 0.5) is 5.82 Å². The molecule has 0 bridgehead atoms. The van der Waals surface area contributed by atoms with Crippen molar-refractivity contribution in [3.8, 4) is 0 Å². The van der Waals surface area contributed by atoms with Gasteiger partial charge in [-0.1, -0.05) is 84.4 Å². The maximum Gasteiger partial charge on any atom is 0.257 e. The lowest BCUT2D eigenvalue weighted by molar-refractivity contribution is 0.0943. The number of benzene rings is 3. The molecule has 0 saturated carbocycles. The first-order chi connectivity index (χ1) is 16.1. The number of rotatable bonds is 5. The molecular formula is C27H25ClN4O. The third-order valence-corrected chi connectivity index (χ3v) is 6.41. The first-order valence-corrected chi connectivity index (χ1v) is 11.5. The third-order valence-electron chi connectivity index (χ3n) is 6.16. The van der Waals surface area contributed by atoms with Crippen LogP contribution in [-0.2, 0) is 0 Å². The standard InChI is InChI=1S/C27H25ClN4O/c1-18-16-24(19-8-4-2-5-9-19)30-26-23(17-29-32(18)26)27(33)31-25(20-10-6-3-7-11-20)21-12-14-22(28)15-13-21/h2-15,17-18,24-25,30H,16H2,1H3,(H,31,33). The van der Waals surface area contributed by atoms with Gasteiger partial charge in [0.05, 0.1) is 24.3 Å². The van der Waals surface area contributed by atoms with E-state index in [1.54, 1.807) is 6.20 Å². The number of nitrogens with one attached hydrogen (secondary N) is 2. The summed E-state index contributed by atoms with van der Waals surface area (Å²) in [4.78, 5) is 13.5. The Morgan fingerprint density at radius 1 is 1.00 bits per heavy atom. The highest BCUT2D eigenvalue weighted by molar-refractivity contribution is 6.30. The summed E-state index contributed by atoms with van der Waals surface area (Å²) in [6.07, 6.45) is 2.56. The Bertz CT molecular complexity index is 1240. The van der Waals surface area contributed by atoms with E-state index in [9.17, 15) is 4.79 Å². The Labute approximate surface area is 198 Å². The van der Waals surface area contributed by atoms with Gasteiger partial charge in [-0.15, -0.1) is 0 Å². The number of fused-ring (bicyclic) bond motifs is 1. The van der Waals surface area contributed by atoms with Crippen molar-refractivity contribution < 1.29 is 4.79 Å². The number of amides is 1. The molecule has 6 heteroatoms. The average molecular weight is 457 g/mol. The number of anilines is 1. The molecule has 1 aliphatic heterocycles. The van der Waals surface area contributed by atoms with Gasteiger partial charge in [-0.2, -0.15) is 5.10 Å². The van der Waals surface area contributed by atoms with E-state index in [0.717, 1.165) is 23.4 Å². The molecule has 1 amide bonds. The second-order valence-electron chi connectivity index (χ2n) is 8.41. The number of halogens is 1. The van der Waals surface area contributed by atoms with Gasteiger partial charge in [-0.3, -0.25) is 4.79 Å². The lowest BCUT2D eigenvalue weighted by Crippen LogP contribution is -2.31. The first-order valence-electron chi connectivity index (χ1n) is 11.1. The molecule has 3 aromatic carbocycles. The van der Waals surface area contributed by atoms with Crippen LogP contribution in [0, 0.1) is 0 Å². The maximum absolute atomic E-state index is 13.5. The molecule has 0 fully saturated rings. The normalized spacial score (nSPS) is 18.1. The van der Waals surface area contributed by atoms with E-state index in [1.165, 1.54) is 5.56 Å². The third kappa shape index (κ3) is 4.37. The van der Waals surface area contributed by atoms with Crippen LogP contribution in [0.15, 0.2) is 91.1 Å². The summed E-state index contributed by atoms with van der Waals surface area (Å²) >= 11 is 6.10. The quantitative estimate of drug-likeness (QED) is 0.377. The zero-order valence-corrected chi connectivity index (χ0v) is 19.0. The van der Waals surface area contributed by atoms with Gasteiger partial charge >= 0.3 is 0 Å². The Balaban J connectivity index is 1.45. The van der Waals surface area contributed by atoms with Crippen molar-refractivity contribution in [1.82, 2.24) is 15.1 Å². The molecule has 0 radical (unpaired) electrons. The molecule has 1 aromatic heterocycles. The zero-order chi connectivity index (χ0) is 22.8. The SMILES string of the molecule is CC1CC(c2ccccc2)Nc2c(C(=O)NC(c3ccccc3)c3ccc(Cl)cc3)cnn21. The van der Waals surface area contributed by atoms with E-state index in [0.29, 0.717) is 10.6 Å². The number of hydrogen-bond donors (Lipinski definition) is 2. The summed E-state index contributed by atoms with van der Waals surface area (Å²) in [6.45, 7) is 2.13. The van der Waals surface area contributed by atoms with Crippen LogP contribution in [0.5, 0.6) is 0 Å². The molecule has 5 nitrogen and oxygen atoms in total. The van der Waals surface area contributed by atoms with Crippen LogP contribution >= 0.6 is 11.6 Å². The highest BCUT2D eigenvalue weighted by Crippen LogP contribution is 2.36. The Morgan fingerprint density at radius 2 is 1.64 bits per heavy atom. The molecule has 0 spiro atoms. The zero-order valence-electron chi connectivity index (χ0n) is 18.3. The van der Waals surface area contributed by atoms with Crippen LogP contribution in [0.1, 0.15) is 58.5 Å². The minimum atomic E-state index is -0.308. The van der Waals surface area contributed by atoms with Crippen LogP contribution in [-0.4, -0.2) is 15.7 Å². The monoisotopic (exact) mass is 456 g/mol. The van der Waals surface area contributed by atoms with Gasteiger partial charge in [0, 0.05) is 5.02 Å². The van der Waals surface area contributed by atoms with Crippen molar-refractivity contribution in [3.05, 3.63) is 118 Å². The minimum Gasteiger partial charge on any atom is -0.363 e. The van der Waals surface area contributed by atoms with Gasteiger partial charge in [-0.25, -0.2) is 4.68 Å². The molecule has 166 valence electrons. The van der Waals surface area contributed by atoms with E-state index in [2.05, 4.69) is 34.8 Å². The van der Waals surface area contributed by atoms with Crippen LogP contribution in [0.2, 0.25) is 5.02 Å². The smallest absolute Gasteiger partial charge is 0.257 e. The second kappa shape index (κ2) is 9.12. The highest BCUT2D eigenvalue weighted by Gasteiger charge is 2.30. The summed E-state index contributed by atoms with van der Waals surface area (Å²) in [5.74, 6) is 0.580. The summed E-state index contributed by atoms with van der Waals surface area (Å²) < 4.78 is 1.91. The van der Waals surface area contributed by atoms with E-state index in [1.807, 2.05) is 77.5 Å². The second-order valence-corrected chi connectivity index (χ2v) is 8.85. The summed E-state index contributed by atoms with van der Waals surface area (Å²) in [5.41, 5.74) is 3.70. The van der Waals surface area contributed by atoms with Crippen LogP contribution in [0.25, 0.3) is 0 Å². The lowest BCUT2D eigenvalue weighted by atomic mass is 9.97. The van der Waals surface area contributed by atoms with Gasteiger partial charge in [0.15, 0.2) is 0 Å². The fraction of sp³-hybridized carbons (Fsp3) is 0.185. The summed E-state index contributed by atoms with van der Waals surface area (Å²) in [7, 11) is 0. The van der Waals surface area contributed by atoms with E-state index >= 15 is 0 Å². The molecule has 33 heavy (non-hydrogen) atoms. The Kier molecular flexibility index (Phi) is 5.88. The average Bonchev–Trinajstić information content (AvgIpc) is 3.29. The number of nitrogens with zero attached hydrogens (tertiary/aromatic N) is 2. The van der Waals surface area contributed by atoms with Gasteiger partial charge in [0.25, 0.3) is 5.91 Å². The van der Waals surface area contributed by atoms with Gasteiger partial charge in [-0.05, 0) is 42.2 Å². The maximum atomic E-state index is 13.5.